The van der Waals surface area contributed by atoms with Gasteiger partial charge in [0, 0.05) is 12.6 Å². The smallest absolute Gasteiger partial charge is 0.323 e. The summed E-state index contributed by atoms with van der Waals surface area (Å²) in [6.45, 7) is 8.64. The first-order chi connectivity index (χ1) is 8.86. The Bertz CT molecular complexity index is 294. The lowest BCUT2D eigenvalue weighted by Crippen LogP contribution is -2.49. The number of hydrogen-bond donors (Lipinski definition) is 2. The lowest BCUT2D eigenvalue weighted by Gasteiger charge is -2.38. The van der Waals surface area contributed by atoms with Crippen LogP contribution in [0.4, 0.5) is 0 Å². The van der Waals surface area contributed by atoms with Crippen LogP contribution in [-0.4, -0.2) is 53.4 Å². The average molecular weight is 272 g/mol. The minimum absolute atomic E-state index is 0.293. The lowest BCUT2D eigenvalue weighted by atomic mass is 9.96. The highest BCUT2D eigenvalue weighted by molar-refractivity contribution is 5.77. The minimum Gasteiger partial charge on any atom is -0.480 e. The molecule has 1 aliphatic heterocycles. The van der Waals surface area contributed by atoms with Gasteiger partial charge in [-0.2, -0.15) is 0 Å². The molecule has 1 fully saturated rings. The first-order valence-corrected chi connectivity index (χ1v) is 7.24. The van der Waals surface area contributed by atoms with Crippen LogP contribution >= 0.6 is 0 Å². The van der Waals surface area contributed by atoms with Gasteiger partial charge >= 0.3 is 5.97 Å². The third-order valence-electron chi connectivity index (χ3n) is 3.93. The van der Waals surface area contributed by atoms with Crippen molar-refractivity contribution >= 4 is 5.97 Å². The van der Waals surface area contributed by atoms with E-state index in [0.29, 0.717) is 18.6 Å². The highest BCUT2D eigenvalue weighted by Crippen LogP contribution is 2.17. The second-order valence-corrected chi connectivity index (χ2v) is 5.88. The molecule has 0 bridgehead atoms. The zero-order valence-corrected chi connectivity index (χ0v) is 12.4. The van der Waals surface area contributed by atoms with Crippen molar-refractivity contribution in [3.63, 3.8) is 0 Å². The number of carboxylic acid groups (broad SMARTS) is 1. The molecule has 0 spiro atoms. The normalized spacial score (nSPS) is 28.0. The van der Waals surface area contributed by atoms with E-state index in [1.807, 2.05) is 0 Å². The summed E-state index contributed by atoms with van der Waals surface area (Å²) < 4.78 is 5.66. The summed E-state index contributed by atoms with van der Waals surface area (Å²) in [5.41, 5.74) is 4.63. The Morgan fingerprint density at radius 3 is 2.79 bits per heavy atom. The molecule has 0 saturated carbocycles. The van der Waals surface area contributed by atoms with Gasteiger partial charge in [-0.15, -0.1) is 0 Å². The first kappa shape index (κ1) is 16.4. The van der Waals surface area contributed by atoms with Crippen LogP contribution in [0.5, 0.6) is 0 Å². The molecule has 0 aromatic carbocycles. The molecule has 0 radical (unpaired) electrons. The van der Waals surface area contributed by atoms with E-state index in [0.717, 1.165) is 39.0 Å². The van der Waals surface area contributed by atoms with E-state index in [4.69, 9.17) is 15.6 Å². The van der Waals surface area contributed by atoms with E-state index >= 15 is 0 Å². The monoisotopic (exact) mass is 272 g/mol. The number of rotatable bonds is 7. The van der Waals surface area contributed by atoms with E-state index in [9.17, 15) is 4.79 Å². The van der Waals surface area contributed by atoms with Gasteiger partial charge in [0.1, 0.15) is 5.54 Å². The van der Waals surface area contributed by atoms with E-state index in [2.05, 4.69) is 18.7 Å². The number of morpholine rings is 1. The van der Waals surface area contributed by atoms with E-state index < -0.39 is 11.5 Å². The first-order valence-electron chi connectivity index (χ1n) is 7.24. The Kier molecular flexibility index (Phi) is 6.23. The maximum Gasteiger partial charge on any atom is 0.323 e. The highest BCUT2D eigenvalue weighted by atomic mass is 16.5. The van der Waals surface area contributed by atoms with Crippen LogP contribution < -0.4 is 5.73 Å². The molecule has 112 valence electrons. The minimum atomic E-state index is -1.09. The number of ether oxygens (including phenoxy) is 1. The summed E-state index contributed by atoms with van der Waals surface area (Å²) in [4.78, 5) is 13.4. The Balaban J connectivity index is 2.29. The Hall–Kier alpha value is -0.650. The number of aliphatic carboxylic acids is 1. The Morgan fingerprint density at radius 2 is 2.21 bits per heavy atom. The standard InChI is InChI=1S/C14H28N2O3/c1-4-12-10-19-11(2)9-16(12)8-6-5-7-14(3,15)13(17)18/h11-12H,4-10,15H2,1-3H3,(H,17,18). The molecule has 0 aromatic rings. The van der Waals surface area contributed by atoms with Gasteiger partial charge in [-0.1, -0.05) is 6.92 Å². The second-order valence-electron chi connectivity index (χ2n) is 5.88. The Labute approximate surface area is 116 Å². The van der Waals surface area contributed by atoms with Gasteiger partial charge in [0.25, 0.3) is 0 Å². The Morgan fingerprint density at radius 1 is 1.53 bits per heavy atom. The fourth-order valence-corrected chi connectivity index (χ4v) is 2.48. The fourth-order valence-electron chi connectivity index (χ4n) is 2.48. The number of unbranched alkanes of at least 4 members (excludes halogenated alkanes) is 1. The van der Waals surface area contributed by atoms with E-state index in [-0.39, 0.29) is 0 Å². The fraction of sp³-hybridized carbons (Fsp3) is 0.929. The molecule has 1 aliphatic rings. The van der Waals surface area contributed by atoms with Crippen molar-refractivity contribution in [1.82, 2.24) is 4.90 Å². The number of carbonyl (C=O) groups is 1. The van der Waals surface area contributed by atoms with Crippen LogP contribution in [0.3, 0.4) is 0 Å². The van der Waals surface area contributed by atoms with Crippen LogP contribution in [-0.2, 0) is 9.53 Å². The van der Waals surface area contributed by atoms with Crippen LogP contribution in [0.15, 0.2) is 0 Å². The van der Waals surface area contributed by atoms with Crippen LogP contribution in [0, 0.1) is 0 Å². The van der Waals surface area contributed by atoms with Crippen molar-refractivity contribution in [1.29, 1.82) is 0 Å². The lowest BCUT2D eigenvalue weighted by molar-refractivity contribution is -0.142. The predicted octanol–water partition coefficient (Wildman–Crippen LogP) is 1.46. The molecule has 3 atom stereocenters. The third-order valence-corrected chi connectivity index (χ3v) is 3.93. The third kappa shape index (κ3) is 5.09. The zero-order valence-electron chi connectivity index (χ0n) is 12.4. The molecule has 19 heavy (non-hydrogen) atoms. The summed E-state index contributed by atoms with van der Waals surface area (Å²) in [5.74, 6) is -0.918. The van der Waals surface area contributed by atoms with Gasteiger partial charge in [0.15, 0.2) is 0 Å². The molecular weight excluding hydrogens is 244 g/mol. The maximum absolute atomic E-state index is 10.9. The molecule has 0 aromatic heterocycles. The van der Waals surface area contributed by atoms with Crippen molar-refractivity contribution in [3.8, 4) is 0 Å². The molecule has 0 aliphatic carbocycles. The molecule has 0 amide bonds. The molecule has 1 saturated heterocycles. The van der Waals surface area contributed by atoms with E-state index in [1.165, 1.54) is 0 Å². The molecule has 3 unspecified atom stereocenters. The summed E-state index contributed by atoms with van der Waals surface area (Å²) in [5, 5.41) is 8.95. The van der Waals surface area contributed by atoms with Crippen LogP contribution in [0.2, 0.25) is 0 Å². The predicted molar refractivity (Wildman–Crippen MR) is 75.1 cm³/mol. The number of nitrogens with zero attached hydrogens (tertiary/aromatic N) is 1. The molecule has 5 nitrogen and oxygen atoms in total. The van der Waals surface area contributed by atoms with Crippen molar-refractivity contribution in [2.24, 2.45) is 5.73 Å². The SMILES string of the molecule is CCC1COC(C)CN1CCCCC(C)(N)C(=O)O. The van der Waals surface area contributed by atoms with Crippen molar-refractivity contribution in [3.05, 3.63) is 0 Å². The number of nitrogens with two attached hydrogens (primary N) is 1. The van der Waals surface area contributed by atoms with Crippen molar-refractivity contribution < 1.29 is 14.6 Å². The average Bonchev–Trinajstić information content (AvgIpc) is 2.34. The number of carboxylic acids is 1. The van der Waals surface area contributed by atoms with Gasteiger partial charge in [-0.3, -0.25) is 9.69 Å². The van der Waals surface area contributed by atoms with Gasteiger partial charge in [-0.05, 0) is 46.1 Å². The quantitative estimate of drug-likeness (QED) is 0.686. The second kappa shape index (κ2) is 7.22. The van der Waals surface area contributed by atoms with Gasteiger partial charge in [0.05, 0.1) is 12.7 Å². The molecular formula is C14H28N2O3. The zero-order chi connectivity index (χ0) is 14.5. The maximum atomic E-state index is 10.9. The summed E-state index contributed by atoms with van der Waals surface area (Å²) >= 11 is 0. The van der Waals surface area contributed by atoms with E-state index in [1.54, 1.807) is 6.92 Å². The van der Waals surface area contributed by atoms with Gasteiger partial charge in [-0.25, -0.2) is 0 Å². The van der Waals surface area contributed by atoms with Crippen LogP contribution in [0.1, 0.15) is 46.5 Å². The molecule has 3 N–H and O–H groups in total. The largest absolute Gasteiger partial charge is 0.480 e. The van der Waals surface area contributed by atoms with Gasteiger partial charge in [0.2, 0.25) is 0 Å². The summed E-state index contributed by atoms with van der Waals surface area (Å²) in [6.07, 6.45) is 3.75. The molecule has 1 heterocycles. The van der Waals surface area contributed by atoms with Crippen LogP contribution in [0.25, 0.3) is 0 Å². The highest BCUT2D eigenvalue weighted by Gasteiger charge is 2.28. The molecule has 5 heteroatoms. The number of hydrogen-bond acceptors (Lipinski definition) is 4. The topological polar surface area (TPSA) is 75.8 Å². The molecule has 1 rings (SSSR count). The van der Waals surface area contributed by atoms with Crippen molar-refractivity contribution in [2.75, 3.05) is 19.7 Å². The summed E-state index contributed by atoms with van der Waals surface area (Å²) in [6, 6.07) is 0.500. The van der Waals surface area contributed by atoms with Gasteiger partial charge < -0.3 is 15.6 Å². The van der Waals surface area contributed by atoms with Crippen molar-refractivity contribution in [2.45, 2.75) is 64.1 Å². The summed E-state index contributed by atoms with van der Waals surface area (Å²) in [7, 11) is 0.